The molecule has 0 heterocycles. The van der Waals surface area contributed by atoms with Crippen molar-refractivity contribution in [3.63, 3.8) is 0 Å². The number of benzene rings is 1. The smallest absolute Gasteiger partial charge is 0.399 e. The molecule has 0 unspecified atom stereocenters. The van der Waals surface area contributed by atoms with E-state index in [0.717, 1.165) is 6.07 Å². The average molecular weight is 276 g/mol. The van der Waals surface area contributed by atoms with Crippen LogP contribution in [-0.2, 0) is 6.18 Å². The Morgan fingerprint density at radius 3 is 2.15 bits per heavy atom. The van der Waals surface area contributed by atoms with Crippen molar-refractivity contribution in [2.45, 2.75) is 6.18 Å². The molecule has 1 nitrogen and oxygen atoms in total. The molecule has 1 aromatic rings. The zero-order valence-electron chi connectivity index (χ0n) is 6.23. The third kappa shape index (κ3) is 3.08. The summed E-state index contributed by atoms with van der Waals surface area (Å²) >= 11 is 2.78. The minimum atomic E-state index is -4.33. The number of halogens is 5. The van der Waals surface area contributed by atoms with Gasteiger partial charge in [-0.1, -0.05) is 15.9 Å². The first-order chi connectivity index (χ1) is 5.41. The molecular weight excluding hydrogens is 270 g/mol. The molecule has 0 spiro atoms. The molecule has 0 saturated heterocycles. The number of hydrogen-bond acceptors (Lipinski definition) is 1. The normalized spacial score (nSPS) is 10.8. The fraction of sp³-hybridized carbons (Fsp3) is 0.143. The van der Waals surface area contributed by atoms with Gasteiger partial charge in [-0.25, -0.2) is 0 Å². The molecule has 0 aliphatic carbocycles. The van der Waals surface area contributed by atoms with Crippen molar-refractivity contribution in [2.75, 3.05) is 5.73 Å². The Morgan fingerprint density at radius 2 is 1.77 bits per heavy atom. The number of alkyl halides is 3. The van der Waals surface area contributed by atoms with E-state index in [-0.39, 0.29) is 16.9 Å². The molecule has 0 bridgehead atoms. The Morgan fingerprint density at radius 1 is 1.23 bits per heavy atom. The van der Waals surface area contributed by atoms with Crippen LogP contribution in [0.25, 0.3) is 0 Å². The van der Waals surface area contributed by atoms with E-state index in [1.54, 1.807) is 0 Å². The van der Waals surface area contributed by atoms with E-state index in [4.69, 9.17) is 5.73 Å². The maximum atomic E-state index is 12.1. The van der Waals surface area contributed by atoms with Gasteiger partial charge >= 0.3 is 6.18 Å². The average Bonchev–Trinajstić information content (AvgIpc) is 1.83. The number of anilines is 1. The van der Waals surface area contributed by atoms with Gasteiger partial charge < -0.3 is 5.73 Å². The van der Waals surface area contributed by atoms with Crippen molar-refractivity contribution in [2.24, 2.45) is 0 Å². The Hall–Kier alpha value is -0.420. The molecule has 0 aliphatic heterocycles. The quantitative estimate of drug-likeness (QED) is 0.721. The largest absolute Gasteiger partial charge is 0.417 e. The van der Waals surface area contributed by atoms with Crippen LogP contribution in [0.2, 0.25) is 0 Å². The topological polar surface area (TPSA) is 26.0 Å². The van der Waals surface area contributed by atoms with Crippen molar-refractivity contribution in [3.05, 3.63) is 28.2 Å². The van der Waals surface area contributed by atoms with Gasteiger partial charge in [-0.05, 0) is 18.2 Å². The van der Waals surface area contributed by atoms with E-state index in [1.165, 1.54) is 12.1 Å². The van der Waals surface area contributed by atoms with Crippen molar-refractivity contribution in [1.82, 2.24) is 0 Å². The monoisotopic (exact) mass is 275 g/mol. The van der Waals surface area contributed by atoms with E-state index in [0.29, 0.717) is 5.69 Å². The maximum absolute atomic E-state index is 12.1. The van der Waals surface area contributed by atoms with Crippen LogP contribution in [0.4, 0.5) is 18.9 Å². The van der Waals surface area contributed by atoms with E-state index in [1.807, 2.05) is 0 Å². The van der Waals surface area contributed by atoms with Gasteiger partial charge in [0.1, 0.15) is 0 Å². The lowest BCUT2D eigenvalue weighted by Gasteiger charge is -2.08. The summed E-state index contributed by atoms with van der Waals surface area (Å²) in [5.74, 6) is 0. The highest BCUT2D eigenvalue weighted by molar-refractivity contribution is 9.10. The lowest BCUT2D eigenvalue weighted by Crippen LogP contribution is -2.06. The van der Waals surface area contributed by atoms with Crippen molar-refractivity contribution < 1.29 is 13.2 Å². The summed E-state index contributed by atoms with van der Waals surface area (Å²) in [4.78, 5) is 0. The minimum absolute atomic E-state index is 0. The molecule has 74 valence electrons. The first-order valence-electron chi connectivity index (χ1n) is 3.03. The first-order valence-corrected chi connectivity index (χ1v) is 3.83. The summed E-state index contributed by atoms with van der Waals surface area (Å²) in [6, 6.07) is 3.38. The van der Waals surface area contributed by atoms with Gasteiger partial charge in [0.05, 0.1) is 5.56 Å². The van der Waals surface area contributed by atoms with Crippen LogP contribution in [-0.4, -0.2) is 0 Å². The second-order valence-corrected chi connectivity index (χ2v) is 3.09. The molecule has 0 aliphatic rings. The predicted molar refractivity (Wildman–Crippen MR) is 50.8 cm³/mol. The molecule has 0 atom stereocenters. The summed E-state index contributed by atoms with van der Waals surface area (Å²) in [5.41, 5.74) is 4.86. The number of nitrogen functional groups attached to an aromatic ring is 1. The predicted octanol–water partition coefficient (Wildman–Crippen LogP) is 3.47. The standard InChI is InChI=1S/C7H5BrF3N.ClH/c8-6-3-4(12)1-2-5(6)7(9,10)11;/h1-3H,12H2;1H. The Kier molecular flexibility index (Phi) is 4.06. The zero-order valence-corrected chi connectivity index (χ0v) is 8.63. The van der Waals surface area contributed by atoms with Crippen molar-refractivity contribution in [1.29, 1.82) is 0 Å². The fourth-order valence-electron chi connectivity index (χ4n) is 0.761. The third-order valence-corrected chi connectivity index (χ3v) is 1.95. The fourth-order valence-corrected chi connectivity index (χ4v) is 1.38. The van der Waals surface area contributed by atoms with Crippen LogP contribution in [0.5, 0.6) is 0 Å². The molecule has 1 aromatic carbocycles. The molecule has 2 N–H and O–H groups in total. The third-order valence-electron chi connectivity index (χ3n) is 1.30. The second kappa shape index (κ2) is 4.19. The van der Waals surface area contributed by atoms with E-state index >= 15 is 0 Å². The summed E-state index contributed by atoms with van der Waals surface area (Å²) in [5, 5.41) is 0. The van der Waals surface area contributed by atoms with Gasteiger partial charge in [0, 0.05) is 10.2 Å². The Labute approximate surface area is 87.7 Å². The van der Waals surface area contributed by atoms with Gasteiger partial charge in [-0.2, -0.15) is 13.2 Å². The molecule has 0 aromatic heterocycles. The van der Waals surface area contributed by atoms with Gasteiger partial charge in [0.15, 0.2) is 0 Å². The van der Waals surface area contributed by atoms with Crippen molar-refractivity contribution in [3.8, 4) is 0 Å². The molecule has 13 heavy (non-hydrogen) atoms. The van der Waals surface area contributed by atoms with Crippen LogP contribution < -0.4 is 5.73 Å². The second-order valence-electron chi connectivity index (χ2n) is 2.24. The molecular formula is C7H6BrClF3N. The lowest BCUT2D eigenvalue weighted by molar-refractivity contribution is -0.138. The summed E-state index contributed by atoms with van der Waals surface area (Å²) in [6.45, 7) is 0. The molecule has 6 heteroatoms. The number of nitrogens with two attached hydrogens (primary N) is 1. The van der Waals surface area contributed by atoms with Crippen molar-refractivity contribution >= 4 is 34.0 Å². The van der Waals surface area contributed by atoms with Crippen LogP contribution in [0.15, 0.2) is 22.7 Å². The van der Waals surface area contributed by atoms with Gasteiger partial charge in [-0.3, -0.25) is 0 Å². The van der Waals surface area contributed by atoms with Crippen LogP contribution in [0, 0.1) is 0 Å². The van der Waals surface area contributed by atoms with Crippen LogP contribution in [0.3, 0.4) is 0 Å². The first kappa shape index (κ1) is 12.6. The summed E-state index contributed by atoms with van der Waals surface area (Å²) in [7, 11) is 0. The highest BCUT2D eigenvalue weighted by Crippen LogP contribution is 2.35. The van der Waals surface area contributed by atoms with Crippen LogP contribution in [0.1, 0.15) is 5.56 Å². The molecule has 0 amide bonds. The van der Waals surface area contributed by atoms with E-state index < -0.39 is 11.7 Å². The highest BCUT2D eigenvalue weighted by Gasteiger charge is 2.32. The SMILES string of the molecule is Cl.Nc1ccc(C(F)(F)F)c(Br)c1. The minimum Gasteiger partial charge on any atom is -0.399 e. The summed E-state index contributed by atoms with van der Waals surface area (Å²) in [6.07, 6.45) is -4.33. The molecule has 0 radical (unpaired) electrons. The van der Waals surface area contributed by atoms with E-state index in [2.05, 4.69) is 15.9 Å². The highest BCUT2D eigenvalue weighted by atomic mass is 79.9. The Bertz CT molecular complexity index is 300. The van der Waals surface area contributed by atoms with Gasteiger partial charge in [0.2, 0.25) is 0 Å². The maximum Gasteiger partial charge on any atom is 0.417 e. The summed E-state index contributed by atoms with van der Waals surface area (Å²) < 4.78 is 36.3. The van der Waals surface area contributed by atoms with Gasteiger partial charge in [-0.15, -0.1) is 12.4 Å². The molecule has 1 rings (SSSR count). The lowest BCUT2D eigenvalue weighted by atomic mass is 10.2. The number of hydrogen-bond donors (Lipinski definition) is 1. The zero-order chi connectivity index (χ0) is 9.35. The molecule has 0 saturated carbocycles. The van der Waals surface area contributed by atoms with E-state index in [9.17, 15) is 13.2 Å². The Balaban J connectivity index is 0.00000144. The van der Waals surface area contributed by atoms with Crippen LogP contribution >= 0.6 is 28.3 Å². The number of rotatable bonds is 0. The van der Waals surface area contributed by atoms with Gasteiger partial charge in [0.25, 0.3) is 0 Å². The molecule has 0 fully saturated rings.